The maximum Gasteiger partial charge on any atom is 0.408 e. The van der Waals surface area contributed by atoms with Gasteiger partial charge < -0.3 is 21.1 Å². The highest BCUT2D eigenvalue weighted by atomic mass is 16.6. The third kappa shape index (κ3) is 7.85. The smallest absolute Gasteiger partial charge is 0.408 e. The van der Waals surface area contributed by atoms with E-state index >= 15 is 0 Å². The first-order valence-electron chi connectivity index (χ1n) is 8.18. The summed E-state index contributed by atoms with van der Waals surface area (Å²) in [6.07, 6.45) is 0.490. The first-order valence-corrected chi connectivity index (χ1v) is 8.18. The molecule has 1 aromatic carbocycles. The zero-order chi connectivity index (χ0) is 18.4. The molecule has 1 amide bonds. The summed E-state index contributed by atoms with van der Waals surface area (Å²) in [4.78, 5) is 16.2. The van der Waals surface area contributed by atoms with Crippen molar-refractivity contribution < 1.29 is 9.53 Å². The SMILES string of the molecule is CCc1cccc(NC(N)=NCC(C)(C)NC(=O)OC(C)(C)C)c1. The molecule has 6 heteroatoms. The number of amides is 1. The van der Waals surface area contributed by atoms with Crippen molar-refractivity contribution in [2.75, 3.05) is 11.9 Å². The average Bonchev–Trinajstić information content (AvgIpc) is 2.43. The van der Waals surface area contributed by atoms with Gasteiger partial charge in [0.15, 0.2) is 5.96 Å². The van der Waals surface area contributed by atoms with Crippen molar-refractivity contribution >= 4 is 17.7 Å². The molecule has 0 aliphatic carbocycles. The van der Waals surface area contributed by atoms with Crippen LogP contribution in [0.15, 0.2) is 29.3 Å². The summed E-state index contributed by atoms with van der Waals surface area (Å²) < 4.78 is 5.26. The predicted octanol–water partition coefficient (Wildman–Crippen LogP) is 3.28. The summed E-state index contributed by atoms with van der Waals surface area (Å²) in [6, 6.07) is 8.01. The molecule has 0 bridgehead atoms. The topological polar surface area (TPSA) is 88.7 Å². The Labute approximate surface area is 144 Å². The molecular formula is C18H30N4O2. The summed E-state index contributed by atoms with van der Waals surface area (Å²) in [5.74, 6) is 0.308. The van der Waals surface area contributed by atoms with Gasteiger partial charge in [-0.15, -0.1) is 0 Å². The van der Waals surface area contributed by atoms with Gasteiger partial charge in [0.25, 0.3) is 0 Å². The first-order chi connectivity index (χ1) is 11.0. The number of nitrogens with two attached hydrogens (primary N) is 1. The van der Waals surface area contributed by atoms with Gasteiger partial charge in [-0.2, -0.15) is 0 Å². The number of rotatable bonds is 5. The van der Waals surface area contributed by atoms with Crippen LogP contribution in [0.1, 0.15) is 47.1 Å². The van der Waals surface area contributed by atoms with Gasteiger partial charge in [0.1, 0.15) is 5.60 Å². The van der Waals surface area contributed by atoms with E-state index in [1.165, 1.54) is 5.56 Å². The van der Waals surface area contributed by atoms with E-state index in [2.05, 4.69) is 28.6 Å². The van der Waals surface area contributed by atoms with Crippen molar-refractivity contribution in [3.05, 3.63) is 29.8 Å². The molecule has 134 valence electrons. The minimum atomic E-state index is -0.570. The molecule has 0 spiro atoms. The van der Waals surface area contributed by atoms with Gasteiger partial charge >= 0.3 is 6.09 Å². The lowest BCUT2D eigenvalue weighted by molar-refractivity contribution is 0.0476. The number of anilines is 1. The van der Waals surface area contributed by atoms with Crippen LogP contribution in [0, 0.1) is 0 Å². The van der Waals surface area contributed by atoms with Crippen molar-refractivity contribution in [2.24, 2.45) is 10.7 Å². The van der Waals surface area contributed by atoms with E-state index in [4.69, 9.17) is 10.5 Å². The molecule has 0 fully saturated rings. The molecule has 24 heavy (non-hydrogen) atoms. The van der Waals surface area contributed by atoms with Crippen molar-refractivity contribution in [2.45, 2.75) is 59.1 Å². The third-order valence-electron chi connectivity index (χ3n) is 3.09. The minimum absolute atomic E-state index is 0.308. The zero-order valence-corrected chi connectivity index (χ0v) is 15.6. The second kappa shape index (κ2) is 8.04. The lowest BCUT2D eigenvalue weighted by Crippen LogP contribution is -2.48. The van der Waals surface area contributed by atoms with Crippen molar-refractivity contribution in [1.82, 2.24) is 5.32 Å². The van der Waals surface area contributed by atoms with E-state index in [0.717, 1.165) is 12.1 Å². The quantitative estimate of drug-likeness (QED) is 0.569. The Hall–Kier alpha value is -2.24. The molecule has 0 aromatic heterocycles. The number of carbonyl (C=O) groups excluding carboxylic acids is 1. The maximum absolute atomic E-state index is 11.9. The summed E-state index contributed by atoms with van der Waals surface area (Å²) in [5, 5.41) is 5.86. The average molecular weight is 334 g/mol. The van der Waals surface area contributed by atoms with Crippen LogP contribution >= 0.6 is 0 Å². The Morgan fingerprint density at radius 1 is 1.25 bits per heavy atom. The molecule has 1 rings (SSSR count). The van der Waals surface area contributed by atoms with E-state index < -0.39 is 17.2 Å². The number of hydrogen-bond acceptors (Lipinski definition) is 3. The van der Waals surface area contributed by atoms with E-state index in [1.54, 1.807) is 0 Å². The molecule has 0 aliphatic heterocycles. The minimum Gasteiger partial charge on any atom is -0.444 e. The standard InChI is InChI=1S/C18H30N4O2/c1-7-13-9-8-10-14(11-13)21-15(19)20-12-18(5,6)22-16(23)24-17(2,3)4/h8-11H,7,12H2,1-6H3,(H,22,23)(H3,19,20,21). The number of aliphatic imine (C=N–C) groups is 1. The summed E-state index contributed by atoms with van der Waals surface area (Å²) in [5.41, 5.74) is 6.95. The molecule has 6 nitrogen and oxygen atoms in total. The van der Waals surface area contributed by atoms with Gasteiger partial charge in [-0.3, -0.25) is 4.99 Å². The molecule has 0 heterocycles. The van der Waals surface area contributed by atoms with Crippen LogP contribution in [-0.2, 0) is 11.2 Å². The van der Waals surface area contributed by atoms with Gasteiger partial charge in [0, 0.05) is 5.69 Å². The van der Waals surface area contributed by atoms with Crippen molar-refractivity contribution in [3.8, 4) is 0 Å². The molecule has 0 saturated carbocycles. The second-order valence-electron chi connectivity index (χ2n) is 7.39. The lowest BCUT2D eigenvalue weighted by atomic mass is 10.1. The third-order valence-corrected chi connectivity index (χ3v) is 3.09. The van der Waals surface area contributed by atoms with Gasteiger partial charge in [-0.25, -0.2) is 4.79 Å². The van der Waals surface area contributed by atoms with Crippen LogP contribution in [0.2, 0.25) is 0 Å². The number of nitrogens with one attached hydrogen (secondary N) is 2. The first kappa shape index (κ1) is 19.8. The fourth-order valence-electron chi connectivity index (χ4n) is 1.96. The molecular weight excluding hydrogens is 304 g/mol. The predicted molar refractivity (Wildman–Crippen MR) is 99.4 cm³/mol. The molecule has 0 radical (unpaired) electrons. The molecule has 0 saturated heterocycles. The Balaban J connectivity index is 2.60. The Kier molecular flexibility index (Phi) is 6.63. The molecule has 0 atom stereocenters. The van der Waals surface area contributed by atoms with Crippen LogP contribution < -0.4 is 16.4 Å². The maximum atomic E-state index is 11.9. The van der Waals surface area contributed by atoms with Crippen LogP contribution in [0.5, 0.6) is 0 Å². The zero-order valence-electron chi connectivity index (χ0n) is 15.6. The van der Waals surface area contributed by atoms with Crippen LogP contribution in [0.25, 0.3) is 0 Å². The van der Waals surface area contributed by atoms with Gasteiger partial charge in [-0.05, 0) is 58.7 Å². The van der Waals surface area contributed by atoms with Crippen molar-refractivity contribution in [1.29, 1.82) is 0 Å². The van der Waals surface area contributed by atoms with E-state index in [0.29, 0.717) is 12.5 Å². The highest BCUT2D eigenvalue weighted by molar-refractivity contribution is 5.92. The van der Waals surface area contributed by atoms with Crippen LogP contribution in [0.3, 0.4) is 0 Å². The monoisotopic (exact) mass is 334 g/mol. The summed E-state index contributed by atoms with van der Waals surface area (Å²) >= 11 is 0. The Bertz CT molecular complexity index is 589. The molecule has 1 aromatic rings. The largest absolute Gasteiger partial charge is 0.444 e. The number of nitrogens with zero attached hydrogens (tertiary/aromatic N) is 1. The lowest BCUT2D eigenvalue weighted by Gasteiger charge is -2.27. The fraction of sp³-hybridized carbons (Fsp3) is 0.556. The number of hydrogen-bond donors (Lipinski definition) is 3. The normalized spacial score (nSPS) is 12.7. The molecule has 0 unspecified atom stereocenters. The summed E-state index contributed by atoms with van der Waals surface area (Å²) in [7, 11) is 0. The number of benzene rings is 1. The van der Waals surface area contributed by atoms with Gasteiger partial charge in [-0.1, -0.05) is 19.1 Å². The van der Waals surface area contributed by atoms with Crippen LogP contribution in [-0.4, -0.2) is 29.7 Å². The van der Waals surface area contributed by atoms with Gasteiger partial charge in [0.05, 0.1) is 12.1 Å². The van der Waals surface area contributed by atoms with Crippen LogP contribution in [0.4, 0.5) is 10.5 Å². The highest BCUT2D eigenvalue weighted by Crippen LogP contribution is 2.12. The second-order valence-corrected chi connectivity index (χ2v) is 7.39. The number of carbonyl (C=O) groups is 1. The fourth-order valence-corrected chi connectivity index (χ4v) is 1.96. The number of guanidine groups is 1. The van der Waals surface area contributed by atoms with Gasteiger partial charge in [0.2, 0.25) is 0 Å². The Morgan fingerprint density at radius 3 is 2.50 bits per heavy atom. The number of alkyl carbamates (subject to hydrolysis) is 1. The van der Waals surface area contributed by atoms with E-state index in [9.17, 15) is 4.79 Å². The number of ether oxygens (including phenoxy) is 1. The summed E-state index contributed by atoms with van der Waals surface area (Å²) in [6.45, 7) is 11.6. The molecule has 0 aliphatic rings. The highest BCUT2D eigenvalue weighted by Gasteiger charge is 2.24. The van der Waals surface area contributed by atoms with E-state index in [1.807, 2.05) is 52.8 Å². The van der Waals surface area contributed by atoms with Crippen molar-refractivity contribution in [3.63, 3.8) is 0 Å². The van der Waals surface area contributed by atoms with E-state index in [-0.39, 0.29) is 0 Å². The molecule has 4 N–H and O–H groups in total. The number of aryl methyl sites for hydroxylation is 1. The Morgan fingerprint density at radius 2 is 1.92 bits per heavy atom.